The fourth-order valence-corrected chi connectivity index (χ4v) is 3.64. The van der Waals surface area contributed by atoms with Crippen LogP contribution in [-0.2, 0) is 4.79 Å². The number of benzene rings is 3. The van der Waals surface area contributed by atoms with Crippen LogP contribution in [0.1, 0.15) is 11.1 Å². The molecule has 3 aromatic carbocycles. The number of benzodiazepines with no additional fused rings is 1. The fourth-order valence-electron chi connectivity index (χ4n) is 3.64. The Kier molecular flexibility index (Phi) is 6.26. The number of carbonyl (C=O) groups is 2. The summed E-state index contributed by atoms with van der Waals surface area (Å²) in [5.41, 5.74) is 3.38. The highest BCUT2D eigenvalue weighted by atomic mass is 16.5. The summed E-state index contributed by atoms with van der Waals surface area (Å²) in [4.78, 5) is 32.3. The van der Waals surface area contributed by atoms with Crippen LogP contribution in [0.5, 0.6) is 11.5 Å². The lowest BCUT2D eigenvalue weighted by Crippen LogP contribution is -2.47. The van der Waals surface area contributed by atoms with Crippen molar-refractivity contribution in [1.82, 2.24) is 5.32 Å². The van der Waals surface area contributed by atoms with Gasteiger partial charge in [0.25, 0.3) is 5.91 Å². The molecule has 0 saturated carbocycles. The third-order valence-corrected chi connectivity index (χ3v) is 5.31. The Balaban J connectivity index is 1.67. The summed E-state index contributed by atoms with van der Waals surface area (Å²) in [6.45, 7) is 0. The van der Waals surface area contributed by atoms with E-state index in [4.69, 9.17) is 9.47 Å². The largest absolute Gasteiger partial charge is 0.497 e. The molecule has 8 nitrogen and oxygen atoms in total. The van der Waals surface area contributed by atoms with Gasteiger partial charge in [-0.25, -0.2) is 9.79 Å². The Hall–Kier alpha value is -4.33. The first kappa shape index (κ1) is 21.9. The van der Waals surface area contributed by atoms with Gasteiger partial charge in [-0.15, -0.1) is 0 Å². The first-order valence-corrected chi connectivity index (χ1v) is 10.3. The molecule has 8 heteroatoms. The first-order valence-electron chi connectivity index (χ1n) is 10.3. The van der Waals surface area contributed by atoms with E-state index in [0.29, 0.717) is 28.6 Å². The van der Waals surface area contributed by atoms with Crippen LogP contribution in [0, 0.1) is 0 Å². The summed E-state index contributed by atoms with van der Waals surface area (Å²) < 4.78 is 10.5. The highest BCUT2D eigenvalue weighted by molar-refractivity contribution is 6.20. The molecule has 3 amide bonds. The van der Waals surface area contributed by atoms with Crippen molar-refractivity contribution < 1.29 is 19.1 Å². The third kappa shape index (κ3) is 4.50. The molecule has 4 rings (SSSR count). The molecule has 3 aromatic rings. The number of ether oxygens (including phenoxy) is 2. The number of aliphatic imine (C=N–C) groups is 1. The van der Waals surface area contributed by atoms with E-state index in [-0.39, 0.29) is 5.91 Å². The number of rotatable bonds is 5. The molecule has 0 bridgehead atoms. The maximum atomic E-state index is 13.2. The van der Waals surface area contributed by atoms with Gasteiger partial charge in [0.2, 0.25) is 6.17 Å². The number of amides is 3. The number of nitrogens with one attached hydrogen (secondary N) is 2. The number of anilines is 2. The monoisotopic (exact) mass is 444 g/mol. The molecule has 2 N–H and O–H groups in total. The van der Waals surface area contributed by atoms with E-state index in [9.17, 15) is 9.59 Å². The minimum absolute atomic E-state index is 0.360. The van der Waals surface area contributed by atoms with Gasteiger partial charge >= 0.3 is 6.03 Å². The number of para-hydroxylation sites is 1. The highest BCUT2D eigenvalue weighted by Crippen LogP contribution is 2.29. The molecule has 1 atom stereocenters. The summed E-state index contributed by atoms with van der Waals surface area (Å²) in [6.07, 6.45) is -1.13. The van der Waals surface area contributed by atoms with E-state index in [1.807, 2.05) is 54.6 Å². The van der Waals surface area contributed by atoms with E-state index in [1.165, 1.54) is 19.1 Å². The minimum Gasteiger partial charge on any atom is -0.497 e. The van der Waals surface area contributed by atoms with Crippen LogP contribution in [0.2, 0.25) is 0 Å². The molecule has 0 spiro atoms. The molecule has 1 heterocycles. The first-order chi connectivity index (χ1) is 16.0. The molecule has 0 radical (unpaired) electrons. The Labute approximate surface area is 191 Å². The number of methoxy groups -OCH3 is 2. The summed E-state index contributed by atoms with van der Waals surface area (Å²) in [5, 5.41) is 5.41. The molecular weight excluding hydrogens is 420 g/mol. The van der Waals surface area contributed by atoms with Crippen LogP contribution >= 0.6 is 0 Å². The van der Waals surface area contributed by atoms with Gasteiger partial charge in [-0.1, -0.05) is 48.5 Å². The number of carbonyl (C=O) groups excluding carboxylic acids is 2. The lowest BCUT2D eigenvalue weighted by molar-refractivity contribution is -0.119. The fraction of sp³-hybridized carbons (Fsp3) is 0.160. The van der Waals surface area contributed by atoms with Gasteiger partial charge in [0.1, 0.15) is 11.5 Å². The number of nitrogens with zero attached hydrogens (tertiary/aromatic N) is 2. The maximum Gasteiger partial charge on any atom is 0.321 e. The van der Waals surface area contributed by atoms with Crippen molar-refractivity contribution in [2.45, 2.75) is 6.17 Å². The summed E-state index contributed by atoms with van der Waals surface area (Å²) in [6, 6.07) is 21.5. The Morgan fingerprint density at radius 1 is 0.970 bits per heavy atom. The van der Waals surface area contributed by atoms with Gasteiger partial charge in [0.05, 0.1) is 31.3 Å². The predicted octanol–water partition coefficient (Wildman–Crippen LogP) is 3.67. The number of urea groups is 1. The number of fused-ring (bicyclic) bond motifs is 1. The minimum atomic E-state index is -1.13. The van der Waals surface area contributed by atoms with E-state index in [1.54, 1.807) is 25.2 Å². The molecule has 1 unspecified atom stereocenters. The van der Waals surface area contributed by atoms with Crippen molar-refractivity contribution in [3.8, 4) is 11.5 Å². The van der Waals surface area contributed by atoms with Crippen LogP contribution in [0.3, 0.4) is 0 Å². The molecule has 0 aromatic heterocycles. The molecule has 0 aliphatic carbocycles. The molecule has 33 heavy (non-hydrogen) atoms. The second-order valence-corrected chi connectivity index (χ2v) is 7.33. The molecule has 1 aliphatic heterocycles. The lowest BCUT2D eigenvalue weighted by atomic mass is 10.0. The van der Waals surface area contributed by atoms with Crippen molar-refractivity contribution in [2.75, 3.05) is 31.5 Å². The summed E-state index contributed by atoms with van der Waals surface area (Å²) in [5.74, 6) is 0.647. The number of hydrogen-bond acceptors (Lipinski definition) is 5. The van der Waals surface area contributed by atoms with Gasteiger partial charge < -0.3 is 25.0 Å². The predicted molar refractivity (Wildman–Crippen MR) is 127 cm³/mol. The van der Waals surface area contributed by atoms with Crippen molar-refractivity contribution in [3.63, 3.8) is 0 Å². The van der Waals surface area contributed by atoms with Gasteiger partial charge in [-0.2, -0.15) is 0 Å². The van der Waals surface area contributed by atoms with E-state index in [0.717, 1.165) is 11.1 Å². The zero-order valence-corrected chi connectivity index (χ0v) is 18.5. The summed E-state index contributed by atoms with van der Waals surface area (Å²) >= 11 is 0. The Morgan fingerprint density at radius 2 is 1.70 bits per heavy atom. The zero-order chi connectivity index (χ0) is 23.4. The standard InChI is InChI=1S/C25H24N4O4/c1-29-20-12-8-7-11-18(20)22(16-9-5-4-6-10-16)27-23(24(29)30)28-25(31)26-19-15-17(32-2)13-14-21(19)33-3/h4-15,23H,1-3H3,(H2,26,28,31). The van der Waals surface area contributed by atoms with Crippen molar-refractivity contribution in [3.05, 3.63) is 83.9 Å². The lowest BCUT2D eigenvalue weighted by Gasteiger charge is -2.21. The van der Waals surface area contributed by atoms with E-state index < -0.39 is 12.2 Å². The molecular formula is C25H24N4O4. The average molecular weight is 444 g/mol. The van der Waals surface area contributed by atoms with Crippen molar-refractivity contribution >= 4 is 29.0 Å². The van der Waals surface area contributed by atoms with E-state index in [2.05, 4.69) is 15.6 Å². The topological polar surface area (TPSA) is 92.3 Å². The smallest absolute Gasteiger partial charge is 0.321 e. The Morgan fingerprint density at radius 3 is 2.42 bits per heavy atom. The van der Waals surface area contributed by atoms with Crippen LogP contribution in [0.4, 0.5) is 16.2 Å². The summed E-state index contributed by atoms with van der Waals surface area (Å²) in [7, 11) is 4.70. The molecule has 168 valence electrons. The van der Waals surface area contributed by atoms with Gasteiger partial charge in [0.15, 0.2) is 0 Å². The highest BCUT2D eigenvalue weighted by Gasteiger charge is 2.31. The third-order valence-electron chi connectivity index (χ3n) is 5.31. The van der Waals surface area contributed by atoms with Crippen LogP contribution in [0.15, 0.2) is 77.8 Å². The van der Waals surface area contributed by atoms with Gasteiger partial charge in [0, 0.05) is 24.2 Å². The second kappa shape index (κ2) is 9.44. The van der Waals surface area contributed by atoms with Gasteiger partial charge in [-0.3, -0.25) is 4.79 Å². The van der Waals surface area contributed by atoms with Crippen LogP contribution < -0.4 is 25.0 Å². The van der Waals surface area contributed by atoms with Crippen molar-refractivity contribution in [1.29, 1.82) is 0 Å². The van der Waals surface area contributed by atoms with Crippen LogP contribution in [0.25, 0.3) is 0 Å². The average Bonchev–Trinajstić information content (AvgIpc) is 2.95. The van der Waals surface area contributed by atoms with Gasteiger partial charge in [-0.05, 0) is 18.2 Å². The molecule has 0 fully saturated rings. The zero-order valence-electron chi connectivity index (χ0n) is 18.5. The molecule has 0 saturated heterocycles. The Bertz CT molecular complexity index is 1210. The second-order valence-electron chi connectivity index (χ2n) is 7.33. The normalized spacial score (nSPS) is 15.1. The van der Waals surface area contributed by atoms with E-state index >= 15 is 0 Å². The molecule has 1 aliphatic rings. The van der Waals surface area contributed by atoms with Crippen LogP contribution in [-0.4, -0.2) is 45.1 Å². The maximum absolute atomic E-state index is 13.2. The SMILES string of the molecule is COc1ccc(OC)c(NC(=O)NC2N=C(c3ccccc3)c3ccccc3N(C)C2=O)c1. The van der Waals surface area contributed by atoms with Crippen molar-refractivity contribution in [2.24, 2.45) is 4.99 Å². The quantitative estimate of drug-likeness (QED) is 0.628. The number of hydrogen-bond donors (Lipinski definition) is 2. The number of likely N-dealkylation sites (N-methyl/N-ethyl adjacent to an activating group) is 1.